The van der Waals surface area contributed by atoms with Crippen LogP contribution in [-0.2, 0) is 20.2 Å². The predicted octanol–water partition coefficient (Wildman–Crippen LogP) is -3.03. The number of imide groups is 1. The average Bonchev–Trinajstić information content (AvgIpc) is 3.04. The van der Waals surface area contributed by atoms with Gasteiger partial charge in [-0.25, -0.2) is 9.69 Å². The quantitative estimate of drug-likeness (QED) is 0.408. The molecule has 2 amide bonds. The first-order valence-corrected chi connectivity index (χ1v) is 7.80. The Bertz CT molecular complexity index is 887. The molecule has 4 N–H and O–H groups in total. The Labute approximate surface area is 145 Å². The van der Waals surface area contributed by atoms with E-state index < -0.39 is 53.3 Å². The van der Waals surface area contributed by atoms with Gasteiger partial charge in [0.05, 0.1) is 6.61 Å². The van der Waals surface area contributed by atoms with Gasteiger partial charge >= 0.3 is 5.69 Å². The summed E-state index contributed by atoms with van der Waals surface area (Å²) in [5.41, 5.74) is -4.18. The van der Waals surface area contributed by atoms with E-state index in [0.717, 1.165) is 24.4 Å². The normalized spacial score (nSPS) is 34.1. The van der Waals surface area contributed by atoms with Crippen LogP contribution >= 0.6 is 0 Å². The number of hydrogen-bond donors (Lipinski definition) is 4. The van der Waals surface area contributed by atoms with E-state index in [4.69, 9.17) is 4.74 Å². The summed E-state index contributed by atoms with van der Waals surface area (Å²) in [6, 6.07) is 0.930. The molecule has 4 atom stereocenters. The van der Waals surface area contributed by atoms with E-state index in [0.29, 0.717) is 9.47 Å². The second-order valence-corrected chi connectivity index (χ2v) is 6.00. The zero-order valence-corrected chi connectivity index (χ0v) is 13.7. The van der Waals surface area contributed by atoms with E-state index in [1.54, 1.807) is 0 Å². The number of H-pyrrole nitrogens is 1. The van der Waals surface area contributed by atoms with E-state index in [2.05, 4.69) is 0 Å². The number of carbonyl (C=O) groups is 2. The van der Waals surface area contributed by atoms with Crippen LogP contribution in [0.25, 0.3) is 0 Å². The SMILES string of the molecule is CC[C@@]1(O)[C@H](O)[C@@H](CO)O[C@@]1(N1C(=O)C=CC1=O)n1ccc(=O)[nH]c1=O. The summed E-state index contributed by atoms with van der Waals surface area (Å²) in [5.74, 6) is -4.30. The highest BCUT2D eigenvalue weighted by Crippen LogP contribution is 2.48. The molecule has 2 aliphatic rings. The molecule has 3 heterocycles. The molecule has 11 heteroatoms. The van der Waals surface area contributed by atoms with Crippen molar-refractivity contribution in [3.05, 3.63) is 45.3 Å². The Morgan fingerprint density at radius 1 is 1.23 bits per heavy atom. The second kappa shape index (κ2) is 5.99. The van der Waals surface area contributed by atoms with E-state index in [1.807, 2.05) is 4.98 Å². The van der Waals surface area contributed by atoms with Crippen molar-refractivity contribution in [2.24, 2.45) is 0 Å². The second-order valence-electron chi connectivity index (χ2n) is 6.00. The fourth-order valence-electron chi connectivity index (χ4n) is 3.43. The van der Waals surface area contributed by atoms with Crippen molar-refractivity contribution < 1.29 is 29.6 Å². The van der Waals surface area contributed by atoms with Crippen molar-refractivity contribution in [3.63, 3.8) is 0 Å². The van der Waals surface area contributed by atoms with Gasteiger partial charge in [-0.1, -0.05) is 6.92 Å². The van der Waals surface area contributed by atoms with Crippen molar-refractivity contribution in [1.29, 1.82) is 0 Å². The number of aromatic nitrogens is 2. The van der Waals surface area contributed by atoms with Crippen LogP contribution in [0, 0.1) is 0 Å². The lowest BCUT2D eigenvalue weighted by Gasteiger charge is -2.45. The standard InChI is InChI=1S/C15H17N3O8/c1-2-14(25)12(23)8(7-19)26-15(14,18-10(21)3-4-11(18)22)17-6-5-9(20)16-13(17)24/h3-6,8,12,19,23,25H,2,7H2,1H3,(H,16,20,24)/t8-,12-,14-,15-/m1/s1. The van der Waals surface area contributed by atoms with E-state index in [-0.39, 0.29) is 6.42 Å². The van der Waals surface area contributed by atoms with Gasteiger partial charge in [-0.05, 0) is 6.42 Å². The molecule has 0 aromatic carbocycles. The maximum Gasteiger partial charge on any atom is 0.332 e. The monoisotopic (exact) mass is 367 g/mol. The maximum atomic E-state index is 12.4. The first kappa shape index (κ1) is 18.2. The van der Waals surface area contributed by atoms with Gasteiger partial charge in [-0.2, -0.15) is 0 Å². The van der Waals surface area contributed by atoms with Crippen LogP contribution in [0.2, 0.25) is 0 Å². The van der Waals surface area contributed by atoms with Gasteiger partial charge in [0.25, 0.3) is 23.2 Å². The number of hydrogen-bond acceptors (Lipinski definition) is 8. The summed E-state index contributed by atoms with van der Waals surface area (Å²) in [4.78, 5) is 50.9. The molecule has 0 aliphatic carbocycles. The summed E-state index contributed by atoms with van der Waals surface area (Å²) in [5, 5.41) is 31.2. The zero-order valence-electron chi connectivity index (χ0n) is 13.7. The molecular formula is C15H17N3O8. The third kappa shape index (κ3) is 2.15. The van der Waals surface area contributed by atoms with Crippen molar-refractivity contribution in [2.75, 3.05) is 6.61 Å². The Kier molecular flexibility index (Phi) is 4.19. The number of aliphatic hydroxyl groups is 3. The summed E-state index contributed by atoms with van der Waals surface area (Å²) >= 11 is 0. The summed E-state index contributed by atoms with van der Waals surface area (Å²) < 4.78 is 6.24. The largest absolute Gasteiger partial charge is 0.394 e. The Balaban J connectivity index is 2.37. The lowest BCUT2D eigenvalue weighted by molar-refractivity contribution is -0.267. The molecule has 140 valence electrons. The highest BCUT2D eigenvalue weighted by Gasteiger charge is 2.71. The summed E-state index contributed by atoms with van der Waals surface area (Å²) in [6.45, 7) is 0.684. The van der Waals surface area contributed by atoms with E-state index in [9.17, 15) is 34.5 Å². The number of rotatable bonds is 4. The first-order chi connectivity index (χ1) is 12.2. The van der Waals surface area contributed by atoms with Crippen LogP contribution < -0.4 is 11.2 Å². The molecule has 2 aliphatic heterocycles. The lowest BCUT2D eigenvalue weighted by atomic mass is 9.86. The lowest BCUT2D eigenvalue weighted by Crippen LogP contribution is -2.69. The molecule has 0 spiro atoms. The number of aliphatic hydroxyl groups excluding tert-OH is 2. The van der Waals surface area contributed by atoms with Crippen LogP contribution in [0.4, 0.5) is 0 Å². The molecule has 3 rings (SSSR count). The van der Waals surface area contributed by atoms with Crippen molar-refractivity contribution >= 4 is 11.8 Å². The number of nitrogens with one attached hydrogen (secondary N) is 1. The topological polar surface area (TPSA) is 162 Å². The summed E-state index contributed by atoms with van der Waals surface area (Å²) in [7, 11) is 0. The highest BCUT2D eigenvalue weighted by atomic mass is 16.6. The molecule has 26 heavy (non-hydrogen) atoms. The van der Waals surface area contributed by atoms with Crippen molar-refractivity contribution in [2.45, 2.75) is 37.0 Å². The van der Waals surface area contributed by atoms with Gasteiger partial charge in [-0.3, -0.25) is 23.9 Å². The maximum absolute atomic E-state index is 12.4. The molecule has 1 saturated heterocycles. The van der Waals surface area contributed by atoms with Gasteiger partial charge in [0, 0.05) is 24.4 Å². The number of carbonyl (C=O) groups excluding carboxylic acids is 2. The number of amides is 2. The van der Waals surface area contributed by atoms with Crippen molar-refractivity contribution in [1.82, 2.24) is 14.5 Å². The van der Waals surface area contributed by atoms with Gasteiger partial charge in [-0.15, -0.1) is 0 Å². The minimum atomic E-state index is -2.51. The third-order valence-electron chi connectivity index (χ3n) is 4.70. The van der Waals surface area contributed by atoms with Gasteiger partial charge in [0.2, 0.25) is 0 Å². The first-order valence-electron chi connectivity index (χ1n) is 7.80. The summed E-state index contributed by atoms with van der Waals surface area (Å²) in [6.07, 6.45) is -0.629. The van der Waals surface area contributed by atoms with Crippen LogP contribution in [0.5, 0.6) is 0 Å². The predicted molar refractivity (Wildman–Crippen MR) is 83.5 cm³/mol. The highest BCUT2D eigenvalue weighted by molar-refractivity contribution is 6.13. The smallest absolute Gasteiger partial charge is 0.332 e. The van der Waals surface area contributed by atoms with E-state index >= 15 is 0 Å². The number of nitrogens with zero attached hydrogens (tertiary/aromatic N) is 2. The van der Waals surface area contributed by atoms with Crippen LogP contribution in [-0.4, -0.2) is 66.0 Å². The molecule has 0 bridgehead atoms. The minimum absolute atomic E-state index is 0.257. The van der Waals surface area contributed by atoms with Crippen LogP contribution in [0.3, 0.4) is 0 Å². The molecule has 0 saturated carbocycles. The fourth-order valence-corrected chi connectivity index (χ4v) is 3.43. The third-order valence-corrected chi connectivity index (χ3v) is 4.70. The Hall–Kier alpha value is -2.60. The number of aromatic amines is 1. The molecule has 0 unspecified atom stereocenters. The average molecular weight is 367 g/mol. The Morgan fingerprint density at radius 2 is 1.85 bits per heavy atom. The number of ether oxygens (including phenoxy) is 1. The van der Waals surface area contributed by atoms with Gasteiger partial charge in [0.15, 0.2) is 5.60 Å². The van der Waals surface area contributed by atoms with E-state index in [1.165, 1.54) is 6.92 Å². The van der Waals surface area contributed by atoms with Gasteiger partial charge in [0.1, 0.15) is 12.2 Å². The van der Waals surface area contributed by atoms with Gasteiger partial charge < -0.3 is 20.1 Å². The molecule has 1 aromatic heterocycles. The van der Waals surface area contributed by atoms with Crippen LogP contribution in [0.15, 0.2) is 34.0 Å². The molecule has 11 nitrogen and oxygen atoms in total. The minimum Gasteiger partial charge on any atom is -0.394 e. The fraction of sp³-hybridized carbons (Fsp3) is 0.467. The molecule has 1 aromatic rings. The zero-order chi connectivity index (χ0) is 19.3. The van der Waals surface area contributed by atoms with Crippen LogP contribution in [0.1, 0.15) is 13.3 Å². The Morgan fingerprint density at radius 3 is 2.35 bits per heavy atom. The molecule has 0 radical (unpaired) electrons. The molecular weight excluding hydrogens is 350 g/mol. The molecule has 1 fully saturated rings. The van der Waals surface area contributed by atoms with Crippen molar-refractivity contribution in [3.8, 4) is 0 Å².